The molecule has 6 heteroatoms. The molecule has 24 heavy (non-hydrogen) atoms. The number of aliphatic imine (C=N–C) groups is 1. The van der Waals surface area contributed by atoms with Gasteiger partial charge in [-0.15, -0.1) is 11.3 Å². The molecule has 0 aliphatic carbocycles. The standard InChI is InChI=1S/C18H23BrN4S/c1-20-18(22-12-17-3-2-10-24-17)21-11-14-8-9-23(13-14)16-6-4-15(19)5-7-16/h2-7,10,14H,8-9,11-13H2,1H3,(H2,20,21,22). The predicted octanol–water partition coefficient (Wildman–Crippen LogP) is 3.70. The van der Waals surface area contributed by atoms with Gasteiger partial charge in [0, 0.05) is 41.7 Å². The molecule has 2 heterocycles. The fourth-order valence-electron chi connectivity index (χ4n) is 2.93. The lowest BCUT2D eigenvalue weighted by molar-refractivity contribution is 0.566. The summed E-state index contributed by atoms with van der Waals surface area (Å²) in [6.45, 7) is 4.00. The van der Waals surface area contributed by atoms with E-state index in [0.717, 1.165) is 36.6 Å². The van der Waals surface area contributed by atoms with Crippen molar-refractivity contribution in [3.05, 3.63) is 51.1 Å². The molecule has 1 aliphatic rings. The number of hydrogen-bond acceptors (Lipinski definition) is 3. The normalized spacial score (nSPS) is 18.0. The van der Waals surface area contributed by atoms with Crippen LogP contribution in [0.4, 0.5) is 5.69 Å². The number of rotatable bonds is 5. The lowest BCUT2D eigenvalue weighted by atomic mass is 10.1. The van der Waals surface area contributed by atoms with Gasteiger partial charge in [0.25, 0.3) is 0 Å². The second kappa shape index (κ2) is 8.53. The van der Waals surface area contributed by atoms with E-state index < -0.39 is 0 Å². The van der Waals surface area contributed by atoms with E-state index >= 15 is 0 Å². The van der Waals surface area contributed by atoms with Crippen LogP contribution in [0.15, 0.2) is 51.2 Å². The molecule has 3 rings (SSSR count). The highest BCUT2D eigenvalue weighted by molar-refractivity contribution is 9.10. The Morgan fingerprint density at radius 2 is 2.12 bits per heavy atom. The molecule has 1 saturated heterocycles. The van der Waals surface area contributed by atoms with Gasteiger partial charge >= 0.3 is 0 Å². The lowest BCUT2D eigenvalue weighted by Crippen LogP contribution is -2.39. The van der Waals surface area contributed by atoms with Gasteiger partial charge in [-0.1, -0.05) is 22.0 Å². The van der Waals surface area contributed by atoms with E-state index in [0.29, 0.717) is 5.92 Å². The van der Waals surface area contributed by atoms with Crippen molar-refractivity contribution in [2.75, 3.05) is 31.6 Å². The van der Waals surface area contributed by atoms with Crippen molar-refractivity contribution in [3.8, 4) is 0 Å². The van der Waals surface area contributed by atoms with E-state index in [1.807, 2.05) is 7.05 Å². The Balaban J connectivity index is 1.44. The Labute approximate surface area is 156 Å². The first-order valence-corrected chi connectivity index (χ1v) is 9.89. The highest BCUT2D eigenvalue weighted by Gasteiger charge is 2.22. The van der Waals surface area contributed by atoms with E-state index in [4.69, 9.17) is 0 Å². The summed E-state index contributed by atoms with van der Waals surface area (Å²) in [6.07, 6.45) is 1.21. The topological polar surface area (TPSA) is 39.7 Å². The Morgan fingerprint density at radius 3 is 2.83 bits per heavy atom. The van der Waals surface area contributed by atoms with Crippen molar-refractivity contribution in [3.63, 3.8) is 0 Å². The Bertz CT molecular complexity index is 654. The largest absolute Gasteiger partial charge is 0.371 e. The zero-order valence-electron chi connectivity index (χ0n) is 13.8. The SMILES string of the molecule is CN=C(NCc1cccs1)NCC1CCN(c2ccc(Br)cc2)C1. The molecule has 1 aliphatic heterocycles. The van der Waals surface area contributed by atoms with E-state index in [9.17, 15) is 0 Å². The molecule has 0 spiro atoms. The van der Waals surface area contributed by atoms with Crippen molar-refractivity contribution in [1.29, 1.82) is 0 Å². The molecule has 4 nitrogen and oxygen atoms in total. The summed E-state index contributed by atoms with van der Waals surface area (Å²) in [7, 11) is 1.83. The zero-order valence-corrected chi connectivity index (χ0v) is 16.2. The molecule has 0 radical (unpaired) electrons. The van der Waals surface area contributed by atoms with Crippen LogP contribution in [0.1, 0.15) is 11.3 Å². The fourth-order valence-corrected chi connectivity index (χ4v) is 3.84. The molecular formula is C18H23BrN4S. The summed E-state index contributed by atoms with van der Waals surface area (Å²) in [4.78, 5) is 8.09. The van der Waals surface area contributed by atoms with Gasteiger partial charge in [0.2, 0.25) is 0 Å². The van der Waals surface area contributed by atoms with Gasteiger partial charge in [0.1, 0.15) is 0 Å². The van der Waals surface area contributed by atoms with Gasteiger partial charge in [0.05, 0.1) is 6.54 Å². The van der Waals surface area contributed by atoms with Crippen LogP contribution in [0.25, 0.3) is 0 Å². The van der Waals surface area contributed by atoms with Crippen LogP contribution in [0.5, 0.6) is 0 Å². The summed E-state index contributed by atoms with van der Waals surface area (Å²) in [6, 6.07) is 12.8. The average Bonchev–Trinajstić information content (AvgIpc) is 3.27. The maximum atomic E-state index is 4.32. The van der Waals surface area contributed by atoms with Crippen molar-refractivity contribution >= 4 is 38.9 Å². The number of nitrogens with one attached hydrogen (secondary N) is 2. The molecule has 128 valence electrons. The molecule has 1 unspecified atom stereocenters. The van der Waals surface area contributed by atoms with Gasteiger partial charge in [-0.2, -0.15) is 0 Å². The highest BCUT2D eigenvalue weighted by atomic mass is 79.9. The van der Waals surface area contributed by atoms with Gasteiger partial charge < -0.3 is 15.5 Å². The number of anilines is 1. The molecule has 0 amide bonds. The molecular weight excluding hydrogens is 384 g/mol. The third-order valence-electron chi connectivity index (χ3n) is 4.27. The molecule has 1 atom stereocenters. The van der Waals surface area contributed by atoms with E-state index in [-0.39, 0.29) is 0 Å². The number of guanidine groups is 1. The van der Waals surface area contributed by atoms with E-state index in [1.54, 1.807) is 11.3 Å². The number of hydrogen-bond donors (Lipinski definition) is 2. The quantitative estimate of drug-likeness (QED) is 0.587. The van der Waals surface area contributed by atoms with Gasteiger partial charge in [-0.05, 0) is 48.1 Å². The van der Waals surface area contributed by atoms with Crippen molar-refractivity contribution < 1.29 is 0 Å². The van der Waals surface area contributed by atoms with Crippen molar-refractivity contribution in [1.82, 2.24) is 10.6 Å². The minimum absolute atomic E-state index is 0.647. The number of benzene rings is 1. The van der Waals surface area contributed by atoms with Crippen LogP contribution in [0, 0.1) is 5.92 Å². The third kappa shape index (κ3) is 4.74. The first-order valence-electron chi connectivity index (χ1n) is 8.22. The highest BCUT2D eigenvalue weighted by Crippen LogP contribution is 2.24. The summed E-state index contributed by atoms with van der Waals surface area (Å²) in [5, 5.41) is 8.94. The van der Waals surface area contributed by atoms with Crippen LogP contribution in [-0.4, -0.2) is 32.6 Å². The van der Waals surface area contributed by atoms with Crippen LogP contribution in [0.3, 0.4) is 0 Å². The smallest absolute Gasteiger partial charge is 0.191 e. The van der Waals surface area contributed by atoms with E-state index in [2.05, 4.69) is 78.2 Å². The van der Waals surface area contributed by atoms with Crippen LogP contribution < -0.4 is 15.5 Å². The zero-order chi connectivity index (χ0) is 16.8. The summed E-state index contributed by atoms with van der Waals surface area (Å²) in [5.74, 6) is 1.53. The van der Waals surface area contributed by atoms with Crippen LogP contribution in [0.2, 0.25) is 0 Å². The van der Waals surface area contributed by atoms with Gasteiger partial charge in [-0.3, -0.25) is 4.99 Å². The Kier molecular flexibility index (Phi) is 6.15. The lowest BCUT2D eigenvalue weighted by Gasteiger charge is -2.19. The third-order valence-corrected chi connectivity index (χ3v) is 5.67. The molecule has 2 aromatic rings. The first kappa shape index (κ1) is 17.3. The summed E-state index contributed by atoms with van der Waals surface area (Å²) >= 11 is 5.26. The number of halogens is 1. The minimum atomic E-state index is 0.647. The second-order valence-corrected chi connectivity index (χ2v) is 7.91. The maximum absolute atomic E-state index is 4.32. The van der Waals surface area contributed by atoms with Crippen molar-refractivity contribution in [2.24, 2.45) is 10.9 Å². The fraction of sp³-hybridized carbons (Fsp3) is 0.389. The minimum Gasteiger partial charge on any atom is -0.371 e. The molecule has 2 N–H and O–H groups in total. The molecule has 0 saturated carbocycles. The number of nitrogens with zero attached hydrogens (tertiary/aromatic N) is 2. The van der Waals surface area contributed by atoms with Crippen LogP contribution >= 0.6 is 27.3 Å². The first-order chi connectivity index (χ1) is 11.7. The second-order valence-electron chi connectivity index (χ2n) is 5.96. The van der Waals surface area contributed by atoms with Crippen molar-refractivity contribution in [2.45, 2.75) is 13.0 Å². The number of thiophene rings is 1. The Hall–Kier alpha value is -1.53. The van der Waals surface area contributed by atoms with E-state index in [1.165, 1.54) is 17.0 Å². The predicted molar refractivity (Wildman–Crippen MR) is 107 cm³/mol. The van der Waals surface area contributed by atoms with Gasteiger partial charge in [-0.25, -0.2) is 0 Å². The van der Waals surface area contributed by atoms with Gasteiger partial charge in [0.15, 0.2) is 5.96 Å². The monoisotopic (exact) mass is 406 g/mol. The summed E-state index contributed by atoms with van der Waals surface area (Å²) in [5.41, 5.74) is 1.31. The average molecular weight is 407 g/mol. The molecule has 1 fully saturated rings. The molecule has 0 bridgehead atoms. The summed E-state index contributed by atoms with van der Waals surface area (Å²) < 4.78 is 1.13. The molecule has 1 aromatic heterocycles. The molecule has 1 aromatic carbocycles. The van der Waals surface area contributed by atoms with Crippen LogP contribution in [-0.2, 0) is 6.54 Å². The maximum Gasteiger partial charge on any atom is 0.191 e. The Morgan fingerprint density at radius 1 is 1.29 bits per heavy atom.